The molecule has 3 N–H and O–H groups in total. The summed E-state index contributed by atoms with van der Waals surface area (Å²) in [5, 5.41) is 0.625. The van der Waals surface area contributed by atoms with Crippen molar-refractivity contribution >= 4 is 27.5 Å². The number of hydrazine groups is 1. The predicted octanol–water partition coefficient (Wildman–Crippen LogP) is 4.00. The number of hydrogen-bond donors (Lipinski definition) is 2. The molecule has 2 aromatic rings. The summed E-state index contributed by atoms with van der Waals surface area (Å²) in [7, 11) is 1.60. The van der Waals surface area contributed by atoms with Crippen LogP contribution in [-0.2, 0) is 6.42 Å². The van der Waals surface area contributed by atoms with Crippen LogP contribution in [0.2, 0.25) is 5.02 Å². The first kappa shape index (κ1) is 16.2. The highest BCUT2D eigenvalue weighted by Gasteiger charge is 2.17. The number of nitrogens with one attached hydrogen (secondary N) is 1. The second kappa shape index (κ2) is 7.22. The Balaban J connectivity index is 2.33. The van der Waals surface area contributed by atoms with E-state index >= 15 is 0 Å². The monoisotopic (exact) mass is 372 g/mol. The minimum Gasteiger partial charge on any atom is -0.496 e. The minimum atomic E-state index is -0.304. The van der Waals surface area contributed by atoms with E-state index in [1.807, 2.05) is 12.1 Å². The summed E-state index contributed by atoms with van der Waals surface area (Å²) in [6, 6.07) is 9.72. The molecule has 0 amide bonds. The zero-order valence-corrected chi connectivity index (χ0v) is 13.7. The maximum Gasteiger partial charge on any atom is 0.124 e. The molecular formula is C15H15BrClFN2O. The summed E-state index contributed by atoms with van der Waals surface area (Å²) in [5.41, 5.74) is 4.53. The van der Waals surface area contributed by atoms with Gasteiger partial charge in [-0.15, -0.1) is 0 Å². The number of rotatable bonds is 5. The van der Waals surface area contributed by atoms with Crippen molar-refractivity contribution in [2.45, 2.75) is 12.5 Å². The molecule has 6 heteroatoms. The number of methoxy groups -OCH3 is 1. The molecule has 2 rings (SSSR count). The molecule has 0 fully saturated rings. The molecule has 0 aromatic heterocycles. The molecule has 2 aromatic carbocycles. The van der Waals surface area contributed by atoms with Crippen LogP contribution in [0.4, 0.5) is 4.39 Å². The van der Waals surface area contributed by atoms with Gasteiger partial charge in [-0.05, 0) is 47.9 Å². The molecule has 0 heterocycles. The molecule has 0 aliphatic heterocycles. The Kier molecular flexibility index (Phi) is 5.58. The van der Waals surface area contributed by atoms with E-state index in [4.69, 9.17) is 22.2 Å². The second-order valence-corrected chi connectivity index (χ2v) is 5.84. The smallest absolute Gasteiger partial charge is 0.124 e. The Hall–Kier alpha value is -1.14. The van der Waals surface area contributed by atoms with Crippen LogP contribution in [0.3, 0.4) is 0 Å². The Morgan fingerprint density at radius 2 is 2.10 bits per heavy atom. The zero-order chi connectivity index (χ0) is 15.4. The van der Waals surface area contributed by atoms with E-state index in [2.05, 4.69) is 21.4 Å². The highest BCUT2D eigenvalue weighted by molar-refractivity contribution is 9.10. The lowest BCUT2D eigenvalue weighted by molar-refractivity contribution is 0.405. The average molecular weight is 374 g/mol. The summed E-state index contributed by atoms with van der Waals surface area (Å²) in [6.45, 7) is 0. The number of ether oxygens (including phenoxy) is 1. The Bertz CT molecular complexity index is 639. The van der Waals surface area contributed by atoms with Gasteiger partial charge in [-0.1, -0.05) is 33.6 Å². The SMILES string of the molecule is COc1ccc(Cl)cc1CC(NN)c1ccc(F)cc1Br. The van der Waals surface area contributed by atoms with Crippen LogP contribution in [-0.4, -0.2) is 7.11 Å². The molecular weight excluding hydrogens is 359 g/mol. The Labute approximate surface area is 136 Å². The minimum absolute atomic E-state index is 0.202. The third-order valence-electron chi connectivity index (χ3n) is 3.21. The van der Waals surface area contributed by atoms with Gasteiger partial charge in [-0.2, -0.15) is 0 Å². The molecule has 0 saturated carbocycles. The van der Waals surface area contributed by atoms with E-state index in [1.165, 1.54) is 12.1 Å². The molecule has 0 aliphatic carbocycles. The molecule has 0 radical (unpaired) electrons. The number of hydrogen-bond acceptors (Lipinski definition) is 3. The quantitative estimate of drug-likeness (QED) is 0.615. The van der Waals surface area contributed by atoms with Gasteiger partial charge in [0.05, 0.1) is 13.2 Å². The topological polar surface area (TPSA) is 47.3 Å². The van der Waals surface area contributed by atoms with Gasteiger partial charge in [-0.3, -0.25) is 11.3 Å². The van der Waals surface area contributed by atoms with E-state index < -0.39 is 0 Å². The molecule has 1 unspecified atom stereocenters. The highest BCUT2D eigenvalue weighted by Crippen LogP contribution is 2.30. The van der Waals surface area contributed by atoms with Crippen molar-refractivity contribution in [3.63, 3.8) is 0 Å². The van der Waals surface area contributed by atoms with Gasteiger partial charge in [0, 0.05) is 9.50 Å². The number of benzene rings is 2. The van der Waals surface area contributed by atoms with E-state index in [0.717, 1.165) is 16.9 Å². The molecule has 3 nitrogen and oxygen atoms in total. The van der Waals surface area contributed by atoms with Gasteiger partial charge < -0.3 is 4.74 Å². The first-order valence-corrected chi connectivity index (χ1v) is 7.45. The maximum atomic E-state index is 13.2. The lowest BCUT2D eigenvalue weighted by Crippen LogP contribution is -2.30. The normalized spacial score (nSPS) is 12.2. The van der Waals surface area contributed by atoms with Crippen molar-refractivity contribution in [3.8, 4) is 5.75 Å². The summed E-state index contributed by atoms with van der Waals surface area (Å²) >= 11 is 9.39. The van der Waals surface area contributed by atoms with Gasteiger partial charge in [0.1, 0.15) is 11.6 Å². The summed E-state index contributed by atoms with van der Waals surface area (Å²) < 4.78 is 19.2. The fourth-order valence-corrected chi connectivity index (χ4v) is 2.99. The molecule has 21 heavy (non-hydrogen) atoms. The van der Waals surface area contributed by atoms with Gasteiger partial charge >= 0.3 is 0 Å². The van der Waals surface area contributed by atoms with Crippen LogP contribution < -0.4 is 16.0 Å². The fourth-order valence-electron chi connectivity index (χ4n) is 2.17. The first-order chi connectivity index (χ1) is 10.0. The fraction of sp³-hybridized carbons (Fsp3) is 0.200. The molecule has 112 valence electrons. The standard InChI is InChI=1S/C15H15BrClFN2O/c1-21-15-5-2-10(17)6-9(15)7-14(20-19)12-4-3-11(18)8-13(12)16/h2-6,8,14,20H,7,19H2,1H3. The van der Waals surface area contributed by atoms with Gasteiger partial charge in [-0.25, -0.2) is 4.39 Å². The Morgan fingerprint density at radius 1 is 1.33 bits per heavy atom. The van der Waals surface area contributed by atoms with Gasteiger partial charge in [0.15, 0.2) is 0 Å². The predicted molar refractivity (Wildman–Crippen MR) is 85.9 cm³/mol. The second-order valence-electron chi connectivity index (χ2n) is 4.55. The van der Waals surface area contributed by atoms with Crippen LogP contribution in [0.25, 0.3) is 0 Å². The Morgan fingerprint density at radius 3 is 2.71 bits per heavy atom. The maximum absolute atomic E-state index is 13.2. The van der Waals surface area contributed by atoms with Crippen molar-refractivity contribution in [2.75, 3.05) is 7.11 Å². The van der Waals surface area contributed by atoms with Crippen molar-refractivity contribution in [3.05, 3.63) is 62.8 Å². The van der Waals surface area contributed by atoms with Crippen LogP contribution in [0.5, 0.6) is 5.75 Å². The van der Waals surface area contributed by atoms with Gasteiger partial charge in [0.25, 0.3) is 0 Å². The summed E-state index contributed by atoms with van der Waals surface area (Å²) in [4.78, 5) is 0. The molecule has 1 atom stereocenters. The molecule has 0 spiro atoms. The van der Waals surface area contributed by atoms with Crippen LogP contribution in [0.15, 0.2) is 40.9 Å². The van der Waals surface area contributed by atoms with E-state index in [0.29, 0.717) is 15.9 Å². The highest BCUT2D eigenvalue weighted by atomic mass is 79.9. The van der Waals surface area contributed by atoms with Crippen molar-refractivity contribution in [2.24, 2.45) is 5.84 Å². The molecule has 0 aliphatic rings. The van der Waals surface area contributed by atoms with Crippen molar-refractivity contribution < 1.29 is 9.13 Å². The van der Waals surface area contributed by atoms with Gasteiger partial charge in [0.2, 0.25) is 0 Å². The van der Waals surface area contributed by atoms with Crippen LogP contribution in [0, 0.1) is 5.82 Å². The third kappa shape index (κ3) is 3.95. The average Bonchev–Trinajstić information content (AvgIpc) is 2.45. The third-order valence-corrected chi connectivity index (χ3v) is 4.13. The van der Waals surface area contributed by atoms with Crippen LogP contribution in [0.1, 0.15) is 17.2 Å². The molecule has 0 bridgehead atoms. The first-order valence-electron chi connectivity index (χ1n) is 6.28. The van der Waals surface area contributed by atoms with Crippen molar-refractivity contribution in [1.29, 1.82) is 0 Å². The van der Waals surface area contributed by atoms with E-state index in [9.17, 15) is 4.39 Å². The zero-order valence-electron chi connectivity index (χ0n) is 11.4. The molecule has 0 saturated heterocycles. The number of halogens is 3. The summed E-state index contributed by atoms with van der Waals surface area (Å²) in [5.74, 6) is 6.08. The lowest BCUT2D eigenvalue weighted by Gasteiger charge is -2.19. The van der Waals surface area contributed by atoms with Crippen molar-refractivity contribution in [1.82, 2.24) is 5.43 Å². The summed E-state index contributed by atoms with van der Waals surface area (Å²) in [6.07, 6.45) is 0.560. The van der Waals surface area contributed by atoms with E-state index in [-0.39, 0.29) is 11.9 Å². The lowest BCUT2D eigenvalue weighted by atomic mass is 9.98. The number of nitrogens with two attached hydrogens (primary N) is 1. The largest absolute Gasteiger partial charge is 0.496 e. The van der Waals surface area contributed by atoms with Crippen LogP contribution >= 0.6 is 27.5 Å². The van der Waals surface area contributed by atoms with E-state index in [1.54, 1.807) is 19.2 Å².